The molecule has 0 unspecified atom stereocenters. The second-order valence-corrected chi connectivity index (χ2v) is 6.04. The number of hydrogen-bond acceptors (Lipinski definition) is 4. The van der Waals surface area contributed by atoms with Gasteiger partial charge in [-0.05, 0) is 36.2 Å². The first-order valence-corrected chi connectivity index (χ1v) is 8.26. The van der Waals surface area contributed by atoms with E-state index in [2.05, 4.69) is 10.6 Å². The average molecular weight is 352 g/mol. The minimum atomic E-state index is -0.521. The van der Waals surface area contributed by atoms with Crippen molar-refractivity contribution < 1.29 is 18.7 Å². The fourth-order valence-electron chi connectivity index (χ4n) is 2.67. The Morgan fingerprint density at radius 1 is 1.12 bits per heavy atom. The van der Waals surface area contributed by atoms with Crippen LogP contribution in [-0.4, -0.2) is 12.0 Å². The second-order valence-electron chi connectivity index (χ2n) is 6.04. The highest BCUT2D eigenvalue weighted by Crippen LogP contribution is 2.29. The van der Waals surface area contributed by atoms with Gasteiger partial charge in [0, 0.05) is 18.9 Å². The molecule has 0 bridgehead atoms. The summed E-state index contributed by atoms with van der Waals surface area (Å²) in [6, 6.07) is 15.2. The quantitative estimate of drug-likeness (QED) is 0.723. The molecule has 0 fully saturated rings. The predicted octanol–water partition coefficient (Wildman–Crippen LogP) is 4.13. The van der Waals surface area contributed by atoms with Crippen LogP contribution < -0.4 is 10.6 Å². The van der Waals surface area contributed by atoms with Gasteiger partial charge in [0.1, 0.15) is 5.76 Å². The van der Waals surface area contributed by atoms with Gasteiger partial charge in [-0.15, -0.1) is 0 Å². The molecule has 3 aromatic rings. The van der Waals surface area contributed by atoms with Crippen LogP contribution in [0.4, 0.5) is 10.5 Å². The number of alkyl carbamates (subject to hydrolysis) is 1. The van der Waals surface area contributed by atoms with Crippen molar-refractivity contribution in [3.05, 3.63) is 65.4 Å². The molecule has 0 saturated carbocycles. The van der Waals surface area contributed by atoms with Crippen LogP contribution in [0.5, 0.6) is 0 Å². The van der Waals surface area contributed by atoms with E-state index in [1.165, 1.54) is 6.92 Å². The summed E-state index contributed by atoms with van der Waals surface area (Å²) >= 11 is 0. The van der Waals surface area contributed by atoms with E-state index in [0.717, 1.165) is 16.5 Å². The van der Waals surface area contributed by atoms with Gasteiger partial charge in [0.25, 0.3) is 0 Å². The number of amides is 2. The lowest BCUT2D eigenvalue weighted by molar-refractivity contribution is -0.114. The van der Waals surface area contributed by atoms with Gasteiger partial charge in [0.2, 0.25) is 5.91 Å². The summed E-state index contributed by atoms with van der Waals surface area (Å²) in [6.45, 7) is 3.78. The van der Waals surface area contributed by atoms with Gasteiger partial charge in [-0.25, -0.2) is 4.79 Å². The third-order valence-corrected chi connectivity index (χ3v) is 3.75. The van der Waals surface area contributed by atoms with Crippen LogP contribution >= 0.6 is 0 Å². The Balaban J connectivity index is 1.63. The summed E-state index contributed by atoms with van der Waals surface area (Å²) in [7, 11) is 0. The van der Waals surface area contributed by atoms with Crippen molar-refractivity contribution in [2.75, 3.05) is 5.32 Å². The molecule has 0 aliphatic carbocycles. The van der Waals surface area contributed by atoms with E-state index in [9.17, 15) is 9.59 Å². The minimum absolute atomic E-state index is 0.00780. The zero-order chi connectivity index (χ0) is 18.5. The van der Waals surface area contributed by atoms with Crippen molar-refractivity contribution in [2.45, 2.75) is 27.0 Å². The molecule has 0 aliphatic rings. The molecule has 0 atom stereocenters. The molecular formula is C20H20N2O4. The van der Waals surface area contributed by atoms with Crippen molar-refractivity contribution in [2.24, 2.45) is 0 Å². The van der Waals surface area contributed by atoms with E-state index in [1.54, 1.807) is 6.07 Å². The van der Waals surface area contributed by atoms with Crippen LogP contribution in [0.1, 0.15) is 23.8 Å². The molecule has 0 saturated heterocycles. The molecule has 1 heterocycles. The number of hydrogen-bond donors (Lipinski definition) is 2. The van der Waals surface area contributed by atoms with E-state index in [4.69, 9.17) is 9.15 Å². The maximum absolute atomic E-state index is 11.8. The molecule has 3 rings (SSSR count). The summed E-state index contributed by atoms with van der Waals surface area (Å²) < 4.78 is 10.9. The van der Waals surface area contributed by atoms with Crippen molar-refractivity contribution in [1.29, 1.82) is 0 Å². The first-order chi connectivity index (χ1) is 12.5. The number of carbonyl (C=O) groups is 2. The highest BCUT2D eigenvalue weighted by Gasteiger charge is 2.12. The third-order valence-electron chi connectivity index (χ3n) is 3.75. The molecule has 0 aliphatic heterocycles. The summed E-state index contributed by atoms with van der Waals surface area (Å²) in [5.41, 5.74) is 3.15. The second kappa shape index (κ2) is 7.74. The zero-order valence-electron chi connectivity index (χ0n) is 14.7. The average Bonchev–Trinajstić information content (AvgIpc) is 3.01. The minimum Gasteiger partial charge on any atom is -0.455 e. The molecule has 6 nitrogen and oxygen atoms in total. The number of benzene rings is 2. The smallest absolute Gasteiger partial charge is 0.407 e. The molecule has 26 heavy (non-hydrogen) atoms. The molecule has 2 N–H and O–H groups in total. The van der Waals surface area contributed by atoms with Crippen molar-refractivity contribution in [1.82, 2.24) is 5.32 Å². The van der Waals surface area contributed by atoms with Gasteiger partial charge >= 0.3 is 6.09 Å². The SMILES string of the molecule is CC(=O)Nc1cc(C)cc2cc(COC(=O)NCc3ccccc3)oc12. The molecular weight excluding hydrogens is 332 g/mol. The predicted molar refractivity (Wildman–Crippen MR) is 98.7 cm³/mol. The molecule has 2 aromatic carbocycles. The maximum Gasteiger partial charge on any atom is 0.407 e. The number of fused-ring (bicyclic) bond motifs is 1. The Morgan fingerprint density at radius 3 is 2.62 bits per heavy atom. The van der Waals surface area contributed by atoms with E-state index >= 15 is 0 Å². The van der Waals surface area contributed by atoms with E-state index < -0.39 is 6.09 Å². The molecule has 0 radical (unpaired) electrons. The van der Waals surface area contributed by atoms with Gasteiger partial charge in [-0.1, -0.05) is 30.3 Å². The summed E-state index contributed by atoms with van der Waals surface area (Å²) in [4.78, 5) is 23.2. The molecule has 0 spiro atoms. The number of anilines is 1. The highest BCUT2D eigenvalue weighted by molar-refractivity contribution is 5.99. The Morgan fingerprint density at radius 2 is 1.88 bits per heavy atom. The number of aryl methyl sites for hydroxylation is 1. The summed E-state index contributed by atoms with van der Waals surface area (Å²) in [5.74, 6) is 0.332. The Bertz CT molecular complexity index is 932. The first-order valence-electron chi connectivity index (χ1n) is 8.26. The lowest BCUT2D eigenvalue weighted by Gasteiger charge is -2.06. The van der Waals surface area contributed by atoms with Crippen LogP contribution in [0.15, 0.2) is 52.9 Å². The fourth-order valence-corrected chi connectivity index (χ4v) is 2.67. The van der Waals surface area contributed by atoms with Crippen molar-refractivity contribution >= 4 is 28.7 Å². The number of carbonyl (C=O) groups excluding carboxylic acids is 2. The van der Waals surface area contributed by atoms with E-state index in [1.807, 2.05) is 49.4 Å². The van der Waals surface area contributed by atoms with Crippen LogP contribution in [0, 0.1) is 6.92 Å². The lowest BCUT2D eigenvalue weighted by Crippen LogP contribution is -2.23. The summed E-state index contributed by atoms with van der Waals surface area (Å²) in [5, 5.41) is 6.29. The zero-order valence-corrected chi connectivity index (χ0v) is 14.7. The lowest BCUT2D eigenvalue weighted by atomic mass is 10.1. The number of rotatable bonds is 5. The van der Waals surface area contributed by atoms with Crippen molar-refractivity contribution in [3.8, 4) is 0 Å². The van der Waals surface area contributed by atoms with Crippen LogP contribution in [0.2, 0.25) is 0 Å². The van der Waals surface area contributed by atoms with E-state index in [-0.39, 0.29) is 12.5 Å². The van der Waals surface area contributed by atoms with Gasteiger partial charge in [0.15, 0.2) is 12.2 Å². The van der Waals surface area contributed by atoms with Crippen molar-refractivity contribution in [3.63, 3.8) is 0 Å². The van der Waals surface area contributed by atoms with E-state index in [0.29, 0.717) is 23.6 Å². The van der Waals surface area contributed by atoms with Gasteiger partial charge in [0.05, 0.1) is 5.69 Å². The first kappa shape index (κ1) is 17.5. The molecule has 2 amide bonds. The topological polar surface area (TPSA) is 80.6 Å². The molecule has 6 heteroatoms. The van der Waals surface area contributed by atoms with Crippen LogP contribution in [-0.2, 0) is 22.7 Å². The highest BCUT2D eigenvalue weighted by atomic mass is 16.6. The monoisotopic (exact) mass is 352 g/mol. The Hall–Kier alpha value is -3.28. The van der Waals surface area contributed by atoms with Gasteiger partial charge in [-0.3, -0.25) is 4.79 Å². The molecule has 1 aromatic heterocycles. The number of nitrogens with one attached hydrogen (secondary N) is 2. The largest absolute Gasteiger partial charge is 0.455 e. The molecule has 134 valence electrons. The Labute approximate surface area is 151 Å². The van der Waals surface area contributed by atoms with Gasteiger partial charge in [-0.2, -0.15) is 0 Å². The Kier molecular flexibility index (Phi) is 5.22. The standard InChI is InChI=1S/C20H20N2O4/c1-13-8-16-10-17(26-19(16)18(9-13)22-14(2)23)12-25-20(24)21-11-15-6-4-3-5-7-15/h3-10H,11-12H2,1-2H3,(H,21,24)(H,22,23). The third kappa shape index (κ3) is 4.42. The maximum atomic E-state index is 11.8. The normalized spacial score (nSPS) is 10.5. The number of furan rings is 1. The van der Waals surface area contributed by atoms with Gasteiger partial charge < -0.3 is 19.8 Å². The van der Waals surface area contributed by atoms with Crippen LogP contribution in [0.3, 0.4) is 0 Å². The summed E-state index contributed by atoms with van der Waals surface area (Å²) in [6.07, 6.45) is -0.521. The number of ether oxygens (including phenoxy) is 1. The van der Waals surface area contributed by atoms with Crippen LogP contribution in [0.25, 0.3) is 11.0 Å². The fraction of sp³-hybridized carbons (Fsp3) is 0.200.